The summed E-state index contributed by atoms with van der Waals surface area (Å²) in [6, 6.07) is 26.0. The van der Waals surface area contributed by atoms with E-state index in [-0.39, 0.29) is 14.8 Å². The zero-order chi connectivity index (χ0) is 28.2. The molecule has 0 unspecified atom stereocenters. The van der Waals surface area contributed by atoms with Crippen molar-refractivity contribution in [1.29, 1.82) is 5.26 Å². The van der Waals surface area contributed by atoms with Gasteiger partial charge in [-0.3, -0.25) is 14.2 Å². The maximum absolute atomic E-state index is 13.6. The van der Waals surface area contributed by atoms with Crippen molar-refractivity contribution in [2.45, 2.75) is 0 Å². The molecule has 40 heavy (non-hydrogen) atoms. The number of nitrogens with one attached hydrogen (secondary N) is 1. The summed E-state index contributed by atoms with van der Waals surface area (Å²) in [6.07, 6.45) is 1.56. The van der Waals surface area contributed by atoms with E-state index in [0.29, 0.717) is 44.3 Å². The maximum atomic E-state index is 13.6. The highest BCUT2D eigenvalue weighted by Crippen LogP contribution is 2.32. The van der Waals surface area contributed by atoms with Gasteiger partial charge in [0.1, 0.15) is 28.0 Å². The summed E-state index contributed by atoms with van der Waals surface area (Å²) in [6.45, 7) is 0. The third-order valence-electron chi connectivity index (χ3n) is 5.81. The molecule has 0 radical (unpaired) electrons. The summed E-state index contributed by atoms with van der Waals surface area (Å²) in [5.41, 5.74) is 0.922. The average Bonchev–Trinajstić information content (AvgIpc) is 3.55. The van der Waals surface area contributed by atoms with E-state index in [0.717, 1.165) is 11.3 Å². The fraction of sp³-hybridized carbons (Fsp3) is 0.0333. The number of anilines is 1. The molecule has 0 atom stereocenters. The number of nitrogens with zero attached hydrogens (tertiary/aromatic N) is 2. The van der Waals surface area contributed by atoms with Crippen molar-refractivity contribution in [2.75, 3.05) is 12.4 Å². The zero-order valence-corrected chi connectivity index (χ0v) is 23.2. The Labute approximate surface area is 242 Å². The largest absolute Gasteiger partial charge is 0.497 e. The van der Waals surface area contributed by atoms with Gasteiger partial charge in [-0.05, 0) is 54.6 Å². The second-order valence-corrected chi connectivity index (χ2v) is 10.3. The Kier molecular flexibility index (Phi) is 7.89. The van der Waals surface area contributed by atoms with Crippen molar-refractivity contribution in [2.24, 2.45) is 0 Å². The summed E-state index contributed by atoms with van der Waals surface area (Å²) in [4.78, 5) is 26.9. The van der Waals surface area contributed by atoms with Crippen LogP contribution in [0.1, 0.15) is 5.76 Å². The molecule has 0 saturated heterocycles. The number of hydrogen-bond donors (Lipinski definition) is 1. The Morgan fingerprint density at radius 1 is 1.05 bits per heavy atom. The molecule has 0 aliphatic heterocycles. The van der Waals surface area contributed by atoms with Crippen molar-refractivity contribution >= 4 is 57.8 Å². The molecular weight excluding hydrogens is 569 g/mol. The van der Waals surface area contributed by atoms with E-state index >= 15 is 0 Å². The number of furan rings is 1. The highest BCUT2D eigenvalue weighted by Gasteiger charge is 2.18. The molecule has 2 aromatic heterocycles. The summed E-state index contributed by atoms with van der Waals surface area (Å²) in [5, 5.41) is 13.7. The van der Waals surface area contributed by atoms with Crippen LogP contribution in [0, 0.1) is 11.3 Å². The van der Waals surface area contributed by atoms with Gasteiger partial charge in [0, 0.05) is 28.4 Å². The zero-order valence-electron chi connectivity index (χ0n) is 20.9. The molecule has 0 saturated carbocycles. The van der Waals surface area contributed by atoms with Gasteiger partial charge in [-0.25, -0.2) is 0 Å². The molecule has 5 rings (SSSR count). The van der Waals surface area contributed by atoms with E-state index in [2.05, 4.69) is 5.32 Å². The highest BCUT2D eigenvalue weighted by molar-refractivity contribution is 7.07. The monoisotopic (exact) mass is 587 g/mol. The summed E-state index contributed by atoms with van der Waals surface area (Å²) < 4.78 is 12.9. The molecule has 0 spiro atoms. The van der Waals surface area contributed by atoms with Gasteiger partial charge in [0.2, 0.25) is 0 Å². The van der Waals surface area contributed by atoms with Crippen molar-refractivity contribution in [1.82, 2.24) is 4.57 Å². The van der Waals surface area contributed by atoms with Crippen LogP contribution < -0.4 is 24.8 Å². The fourth-order valence-corrected chi connectivity index (χ4v) is 5.41. The van der Waals surface area contributed by atoms with Crippen molar-refractivity contribution in [3.63, 3.8) is 0 Å². The highest BCUT2D eigenvalue weighted by atomic mass is 35.5. The molecule has 0 aliphatic carbocycles. The van der Waals surface area contributed by atoms with E-state index in [1.165, 1.54) is 11.7 Å². The van der Waals surface area contributed by atoms with Crippen molar-refractivity contribution in [3.05, 3.63) is 120 Å². The first-order valence-corrected chi connectivity index (χ1v) is 13.4. The molecule has 5 aromatic rings. The smallest absolute Gasteiger partial charge is 0.273 e. The molecule has 10 heteroatoms. The van der Waals surface area contributed by atoms with Crippen LogP contribution in [0.3, 0.4) is 0 Å². The number of halogens is 2. The van der Waals surface area contributed by atoms with Gasteiger partial charge in [0.25, 0.3) is 11.5 Å². The topological polar surface area (TPSA) is 97.3 Å². The molecule has 0 bridgehead atoms. The maximum Gasteiger partial charge on any atom is 0.273 e. The Balaban J connectivity index is 1.65. The number of ether oxygens (including phenoxy) is 1. The number of methoxy groups -OCH3 is 1. The van der Waals surface area contributed by atoms with Crippen LogP contribution in [0.2, 0.25) is 10.0 Å². The fourth-order valence-electron chi connectivity index (χ4n) is 3.94. The number of para-hydroxylation sites is 1. The molecule has 198 valence electrons. The Morgan fingerprint density at radius 2 is 1.85 bits per heavy atom. The van der Waals surface area contributed by atoms with Crippen LogP contribution in [-0.2, 0) is 4.79 Å². The van der Waals surface area contributed by atoms with Crippen LogP contribution in [-0.4, -0.2) is 17.6 Å². The lowest BCUT2D eigenvalue weighted by Gasteiger charge is -2.07. The average molecular weight is 588 g/mol. The summed E-state index contributed by atoms with van der Waals surface area (Å²) >= 11 is 13.4. The second-order valence-electron chi connectivity index (χ2n) is 8.39. The third kappa shape index (κ3) is 5.58. The van der Waals surface area contributed by atoms with E-state index < -0.39 is 11.5 Å². The molecular formula is C30H19Cl2N3O4S. The lowest BCUT2D eigenvalue weighted by Crippen LogP contribution is -2.32. The first-order chi connectivity index (χ1) is 19.4. The van der Waals surface area contributed by atoms with Gasteiger partial charge >= 0.3 is 0 Å². The number of hydrogen-bond acceptors (Lipinski definition) is 6. The van der Waals surface area contributed by atoms with Crippen LogP contribution >= 0.6 is 34.5 Å². The van der Waals surface area contributed by atoms with Gasteiger partial charge in [-0.2, -0.15) is 5.26 Å². The minimum absolute atomic E-state index is 0.176. The quantitative estimate of drug-likeness (QED) is 0.278. The number of rotatable bonds is 6. The lowest BCUT2D eigenvalue weighted by molar-refractivity contribution is -0.111. The van der Waals surface area contributed by atoms with Crippen LogP contribution in [0.4, 0.5) is 5.69 Å². The molecule has 0 aliphatic rings. The van der Waals surface area contributed by atoms with Crippen LogP contribution in [0.5, 0.6) is 5.75 Å². The molecule has 7 nitrogen and oxygen atoms in total. The SMILES string of the molecule is COc1cccc(NC(=O)/C(C#N)=c2\s/c(=C/c3ccc(-c4cc(Cl)ccc4Cl)o3)c(=O)n2-c2ccccc2)c1. The molecule has 1 N–H and O–H groups in total. The minimum atomic E-state index is -0.663. The standard InChI is InChI=1S/C30H19Cl2N3O4S/c1-38-21-9-5-6-19(15-21)34-28(36)24(17-33)30-35(20-7-3-2-4-8-20)29(37)27(40-30)16-22-11-13-26(39-22)23-14-18(31)10-12-25(23)32/h2-16H,1H3,(H,34,36)/b27-16+,30-24-. The molecule has 1 amide bonds. The molecule has 3 aromatic carbocycles. The summed E-state index contributed by atoms with van der Waals surface area (Å²) in [5.74, 6) is 0.739. The number of amides is 1. The van der Waals surface area contributed by atoms with E-state index in [9.17, 15) is 14.9 Å². The Hall–Kier alpha value is -4.55. The van der Waals surface area contributed by atoms with Crippen LogP contribution in [0.25, 0.3) is 28.7 Å². The molecule has 0 fully saturated rings. The Bertz CT molecular complexity index is 1950. The molecule has 2 heterocycles. The Morgan fingerprint density at radius 3 is 2.60 bits per heavy atom. The lowest BCUT2D eigenvalue weighted by atomic mass is 10.2. The number of aromatic nitrogens is 1. The van der Waals surface area contributed by atoms with Gasteiger partial charge in [0.05, 0.1) is 22.4 Å². The minimum Gasteiger partial charge on any atom is -0.497 e. The van der Waals surface area contributed by atoms with E-state index in [4.69, 9.17) is 32.4 Å². The third-order valence-corrected chi connectivity index (χ3v) is 7.47. The predicted molar refractivity (Wildman–Crippen MR) is 158 cm³/mol. The predicted octanol–water partition coefficient (Wildman–Crippen LogP) is 5.62. The van der Waals surface area contributed by atoms with E-state index in [1.54, 1.807) is 84.9 Å². The van der Waals surface area contributed by atoms with Crippen molar-refractivity contribution < 1.29 is 13.9 Å². The number of nitriles is 1. The summed E-state index contributed by atoms with van der Waals surface area (Å²) in [7, 11) is 1.52. The van der Waals surface area contributed by atoms with Crippen molar-refractivity contribution in [3.8, 4) is 28.8 Å². The van der Waals surface area contributed by atoms with Gasteiger partial charge in [-0.15, -0.1) is 11.3 Å². The first-order valence-electron chi connectivity index (χ1n) is 11.8. The van der Waals surface area contributed by atoms with E-state index in [1.807, 2.05) is 12.1 Å². The number of thiazole rings is 1. The number of benzene rings is 3. The first kappa shape index (κ1) is 27.0. The second kappa shape index (κ2) is 11.7. The van der Waals surface area contributed by atoms with Gasteiger partial charge in [-0.1, -0.05) is 47.5 Å². The van der Waals surface area contributed by atoms with Crippen LogP contribution in [0.15, 0.2) is 94.1 Å². The number of carbonyl (C=O) groups is 1. The normalized spacial score (nSPS) is 12.1. The number of carbonyl (C=O) groups excluding carboxylic acids is 1. The van der Waals surface area contributed by atoms with Gasteiger partial charge in [0.15, 0.2) is 5.57 Å². The van der Waals surface area contributed by atoms with Gasteiger partial charge < -0.3 is 14.5 Å².